The Labute approximate surface area is 105 Å². The fourth-order valence-electron chi connectivity index (χ4n) is 1.78. The van der Waals surface area contributed by atoms with Crippen molar-refractivity contribution in [3.8, 4) is 0 Å². The van der Waals surface area contributed by atoms with E-state index in [1.165, 1.54) is 6.42 Å². The van der Waals surface area contributed by atoms with Crippen LogP contribution in [0.2, 0.25) is 0 Å². The van der Waals surface area contributed by atoms with Crippen molar-refractivity contribution in [2.45, 2.75) is 40.2 Å². The maximum absolute atomic E-state index is 5.91. The zero-order valence-electron chi connectivity index (χ0n) is 11.5. The van der Waals surface area contributed by atoms with Crippen molar-refractivity contribution in [3.05, 3.63) is 23.9 Å². The molecule has 3 heteroatoms. The molecule has 96 valence electrons. The molecule has 1 unspecified atom stereocenters. The summed E-state index contributed by atoms with van der Waals surface area (Å²) >= 11 is 0. The third-order valence-electron chi connectivity index (χ3n) is 3.23. The number of anilines is 1. The molecule has 2 atom stereocenters. The minimum atomic E-state index is 0.0686. The van der Waals surface area contributed by atoms with E-state index < -0.39 is 0 Å². The fraction of sp³-hybridized carbons (Fsp3) is 0.643. The Kier molecular flexibility index (Phi) is 5.42. The van der Waals surface area contributed by atoms with Crippen molar-refractivity contribution in [2.24, 2.45) is 11.7 Å². The minimum absolute atomic E-state index is 0.0686. The number of rotatable bonds is 6. The second kappa shape index (κ2) is 6.60. The Balaban J connectivity index is 2.84. The van der Waals surface area contributed by atoms with Crippen LogP contribution in [0.1, 0.15) is 45.7 Å². The molecule has 0 saturated carbocycles. The summed E-state index contributed by atoms with van der Waals surface area (Å²) in [6.07, 6.45) is 3.05. The van der Waals surface area contributed by atoms with Crippen LogP contribution in [0.25, 0.3) is 0 Å². The summed E-state index contributed by atoms with van der Waals surface area (Å²) in [5, 5.41) is 0. The summed E-state index contributed by atoms with van der Waals surface area (Å²) in [5.74, 6) is 1.73. The molecule has 0 aliphatic carbocycles. The standard InChI is InChI=1S/C14H25N3/c1-5-11(3)10-17(6-2)14-9-13(12(4)15)7-8-16-14/h7-9,11-12H,5-6,10,15H2,1-4H3/t11?,12-/m1/s1. The molecule has 1 aromatic heterocycles. The van der Waals surface area contributed by atoms with Gasteiger partial charge in [-0.15, -0.1) is 0 Å². The first-order valence-corrected chi connectivity index (χ1v) is 6.54. The molecule has 0 aliphatic heterocycles. The van der Waals surface area contributed by atoms with E-state index in [1.54, 1.807) is 0 Å². The molecule has 0 amide bonds. The lowest BCUT2D eigenvalue weighted by Gasteiger charge is -2.25. The van der Waals surface area contributed by atoms with Gasteiger partial charge < -0.3 is 10.6 Å². The molecule has 0 bridgehead atoms. The average Bonchev–Trinajstić information content (AvgIpc) is 2.35. The summed E-state index contributed by atoms with van der Waals surface area (Å²) in [5.41, 5.74) is 7.06. The van der Waals surface area contributed by atoms with Gasteiger partial charge >= 0.3 is 0 Å². The van der Waals surface area contributed by atoms with Gasteiger partial charge in [0.2, 0.25) is 0 Å². The first-order chi connectivity index (χ1) is 8.08. The van der Waals surface area contributed by atoms with Crippen LogP contribution in [0.4, 0.5) is 5.82 Å². The van der Waals surface area contributed by atoms with Crippen molar-refractivity contribution in [2.75, 3.05) is 18.0 Å². The zero-order valence-corrected chi connectivity index (χ0v) is 11.5. The van der Waals surface area contributed by atoms with Crippen LogP contribution in [0.5, 0.6) is 0 Å². The van der Waals surface area contributed by atoms with Crippen LogP contribution in [0.3, 0.4) is 0 Å². The lowest BCUT2D eigenvalue weighted by Crippen LogP contribution is -2.29. The largest absolute Gasteiger partial charge is 0.357 e. The topological polar surface area (TPSA) is 42.1 Å². The first kappa shape index (κ1) is 14.0. The maximum Gasteiger partial charge on any atom is 0.128 e. The maximum atomic E-state index is 5.91. The molecule has 1 heterocycles. The number of hydrogen-bond acceptors (Lipinski definition) is 3. The van der Waals surface area contributed by atoms with Crippen LogP contribution < -0.4 is 10.6 Å². The van der Waals surface area contributed by atoms with Crippen molar-refractivity contribution in [3.63, 3.8) is 0 Å². The molecule has 0 aliphatic rings. The molecule has 0 saturated heterocycles. The number of aromatic nitrogens is 1. The first-order valence-electron chi connectivity index (χ1n) is 6.54. The Morgan fingerprint density at radius 1 is 1.35 bits per heavy atom. The predicted molar refractivity (Wildman–Crippen MR) is 74.2 cm³/mol. The molecule has 3 nitrogen and oxygen atoms in total. The number of nitrogens with two attached hydrogens (primary N) is 1. The van der Waals surface area contributed by atoms with Gasteiger partial charge in [0.15, 0.2) is 0 Å². The van der Waals surface area contributed by atoms with E-state index >= 15 is 0 Å². The lowest BCUT2D eigenvalue weighted by molar-refractivity contribution is 0.545. The highest BCUT2D eigenvalue weighted by Crippen LogP contribution is 2.18. The Morgan fingerprint density at radius 2 is 2.06 bits per heavy atom. The molecule has 2 N–H and O–H groups in total. The van der Waals surface area contributed by atoms with E-state index in [0.29, 0.717) is 5.92 Å². The molecular formula is C14H25N3. The van der Waals surface area contributed by atoms with E-state index in [0.717, 1.165) is 24.5 Å². The van der Waals surface area contributed by atoms with Crippen LogP contribution >= 0.6 is 0 Å². The summed E-state index contributed by atoms with van der Waals surface area (Å²) in [4.78, 5) is 6.77. The van der Waals surface area contributed by atoms with E-state index in [2.05, 4.69) is 36.7 Å². The molecule has 1 rings (SSSR count). The molecule has 0 radical (unpaired) electrons. The minimum Gasteiger partial charge on any atom is -0.357 e. The van der Waals surface area contributed by atoms with Gasteiger partial charge in [-0.05, 0) is 37.5 Å². The highest BCUT2D eigenvalue weighted by Gasteiger charge is 2.10. The highest BCUT2D eigenvalue weighted by atomic mass is 15.2. The monoisotopic (exact) mass is 235 g/mol. The van der Waals surface area contributed by atoms with Gasteiger partial charge in [-0.2, -0.15) is 0 Å². The SMILES string of the molecule is CCC(C)CN(CC)c1cc([C@@H](C)N)ccn1. The van der Waals surface area contributed by atoms with Gasteiger partial charge in [0, 0.05) is 25.3 Å². The molecule has 0 fully saturated rings. The normalized spacial score (nSPS) is 14.4. The number of nitrogens with zero attached hydrogens (tertiary/aromatic N) is 2. The van der Waals surface area contributed by atoms with Gasteiger partial charge in [0.1, 0.15) is 5.82 Å². The summed E-state index contributed by atoms with van der Waals surface area (Å²) < 4.78 is 0. The summed E-state index contributed by atoms with van der Waals surface area (Å²) in [7, 11) is 0. The lowest BCUT2D eigenvalue weighted by atomic mass is 10.1. The van der Waals surface area contributed by atoms with Crippen molar-refractivity contribution in [1.29, 1.82) is 0 Å². The Bertz CT molecular complexity index is 336. The van der Waals surface area contributed by atoms with Crippen molar-refractivity contribution >= 4 is 5.82 Å². The Hall–Kier alpha value is -1.09. The molecule has 0 spiro atoms. The molecule has 17 heavy (non-hydrogen) atoms. The molecule has 1 aromatic rings. The zero-order chi connectivity index (χ0) is 12.8. The third kappa shape index (κ3) is 4.00. The van der Waals surface area contributed by atoms with Crippen LogP contribution in [0.15, 0.2) is 18.3 Å². The summed E-state index contributed by atoms with van der Waals surface area (Å²) in [6, 6.07) is 4.17. The van der Waals surface area contributed by atoms with Crippen molar-refractivity contribution in [1.82, 2.24) is 4.98 Å². The van der Waals surface area contributed by atoms with Crippen molar-refractivity contribution < 1.29 is 0 Å². The van der Waals surface area contributed by atoms with Gasteiger partial charge in [-0.25, -0.2) is 4.98 Å². The van der Waals surface area contributed by atoms with E-state index in [-0.39, 0.29) is 6.04 Å². The van der Waals surface area contributed by atoms with Gasteiger partial charge in [-0.1, -0.05) is 20.3 Å². The molecular weight excluding hydrogens is 210 g/mol. The van der Waals surface area contributed by atoms with E-state index in [4.69, 9.17) is 5.73 Å². The second-order valence-corrected chi connectivity index (χ2v) is 4.79. The van der Waals surface area contributed by atoms with E-state index in [9.17, 15) is 0 Å². The third-order valence-corrected chi connectivity index (χ3v) is 3.23. The Morgan fingerprint density at radius 3 is 2.59 bits per heavy atom. The summed E-state index contributed by atoms with van der Waals surface area (Å²) in [6.45, 7) is 10.7. The number of pyridine rings is 1. The van der Waals surface area contributed by atoms with Gasteiger partial charge in [0.25, 0.3) is 0 Å². The smallest absolute Gasteiger partial charge is 0.128 e. The van der Waals surface area contributed by atoms with Crippen LogP contribution in [-0.2, 0) is 0 Å². The quantitative estimate of drug-likeness (QED) is 0.824. The van der Waals surface area contributed by atoms with Crippen LogP contribution in [-0.4, -0.2) is 18.1 Å². The molecule has 0 aromatic carbocycles. The average molecular weight is 235 g/mol. The number of hydrogen-bond donors (Lipinski definition) is 1. The van der Waals surface area contributed by atoms with Gasteiger partial charge in [0.05, 0.1) is 0 Å². The fourth-order valence-corrected chi connectivity index (χ4v) is 1.78. The van der Waals surface area contributed by atoms with E-state index in [1.807, 2.05) is 19.2 Å². The predicted octanol–water partition coefficient (Wildman–Crippen LogP) is 2.97. The highest BCUT2D eigenvalue weighted by molar-refractivity contribution is 5.41. The van der Waals surface area contributed by atoms with Crippen LogP contribution in [0, 0.1) is 5.92 Å². The second-order valence-electron chi connectivity index (χ2n) is 4.79. The van der Waals surface area contributed by atoms with Gasteiger partial charge in [-0.3, -0.25) is 0 Å².